The molecule has 0 aliphatic rings. The molecule has 5 amide bonds. The number of ether oxygens (including phenoxy) is 1. The van der Waals surface area contributed by atoms with E-state index in [1.807, 2.05) is 66.7 Å². The Kier molecular flexibility index (Phi) is 15.0. The van der Waals surface area contributed by atoms with Crippen LogP contribution in [0.4, 0.5) is 4.79 Å². The maximum absolute atomic E-state index is 14.0. The molecule has 5 atom stereocenters. The Labute approximate surface area is 293 Å². The monoisotopic (exact) mass is 687 g/mol. The summed E-state index contributed by atoms with van der Waals surface area (Å²) in [7, 11) is 0. The number of nitrogens with two attached hydrogens (primary N) is 2. The van der Waals surface area contributed by atoms with E-state index in [2.05, 4.69) is 16.0 Å². The Morgan fingerprint density at radius 2 is 1.16 bits per heavy atom. The molecule has 12 nitrogen and oxygen atoms in total. The van der Waals surface area contributed by atoms with Crippen molar-refractivity contribution in [3.8, 4) is 0 Å². The summed E-state index contributed by atoms with van der Waals surface area (Å²) in [5.41, 5.74) is 12.6. The lowest BCUT2D eigenvalue weighted by Gasteiger charge is -2.30. The van der Waals surface area contributed by atoms with Crippen LogP contribution < -0.4 is 27.4 Å². The highest BCUT2D eigenvalue weighted by Gasteiger charge is 2.33. The van der Waals surface area contributed by atoms with Gasteiger partial charge in [-0.05, 0) is 63.1 Å². The van der Waals surface area contributed by atoms with Crippen molar-refractivity contribution in [3.05, 3.63) is 108 Å². The van der Waals surface area contributed by atoms with Crippen molar-refractivity contribution < 1.29 is 33.8 Å². The molecule has 0 aliphatic heterocycles. The Morgan fingerprint density at radius 1 is 0.680 bits per heavy atom. The fourth-order valence-electron chi connectivity index (χ4n) is 5.44. The largest absolute Gasteiger partial charge is 0.444 e. The standard InChI is InChI=1S/C38H49N5O7/c1-38(2,3)50-37(49)43-30(22-26-15-9-5-10-16-26)32(44)24-28(21-25-13-7-4-8-14-25)35(47)41-29(19-20-33(39)45)36(48)42-31(34(40)46)23-27-17-11-6-12-18-27/h4-18,28-32,44H,19-24H2,1-3H3,(H2,39,45)(H2,40,46)(H,41,47)(H,42,48)(H,43,49)/t28-,29-,30-,31-,32+/m0/s1. The van der Waals surface area contributed by atoms with Crippen LogP contribution in [-0.4, -0.2) is 64.7 Å². The third-order valence-corrected chi connectivity index (χ3v) is 7.94. The second-order valence-corrected chi connectivity index (χ2v) is 13.4. The molecule has 0 heterocycles. The van der Waals surface area contributed by atoms with E-state index in [4.69, 9.17) is 16.2 Å². The quantitative estimate of drug-likeness (QED) is 0.118. The van der Waals surface area contributed by atoms with E-state index < -0.39 is 65.5 Å². The molecule has 0 bridgehead atoms. The van der Waals surface area contributed by atoms with Gasteiger partial charge in [-0.2, -0.15) is 0 Å². The van der Waals surface area contributed by atoms with E-state index >= 15 is 0 Å². The van der Waals surface area contributed by atoms with Crippen LogP contribution in [0.5, 0.6) is 0 Å². The number of amides is 5. The SMILES string of the molecule is CC(C)(C)OC(=O)N[C@@H](Cc1ccccc1)[C@H](O)C[C@H](Cc1ccccc1)C(=O)N[C@@H](CCC(N)=O)C(=O)N[C@@H](Cc1ccccc1)C(N)=O. The molecular weight excluding hydrogens is 638 g/mol. The van der Waals surface area contributed by atoms with Crippen molar-refractivity contribution in [2.75, 3.05) is 0 Å². The summed E-state index contributed by atoms with van der Waals surface area (Å²) in [5, 5.41) is 19.7. The molecule has 0 fully saturated rings. The van der Waals surface area contributed by atoms with Gasteiger partial charge in [-0.3, -0.25) is 19.2 Å². The van der Waals surface area contributed by atoms with Crippen molar-refractivity contribution in [2.45, 2.75) is 89.1 Å². The number of alkyl carbamates (subject to hydrolysis) is 1. The molecule has 0 saturated carbocycles. The summed E-state index contributed by atoms with van der Waals surface area (Å²) in [6.45, 7) is 5.19. The average Bonchev–Trinajstić information content (AvgIpc) is 3.06. The minimum atomic E-state index is -1.25. The fraction of sp³-hybridized carbons (Fsp3) is 0.395. The first-order valence-electron chi connectivity index (χ1n) is 16.7. The number of aliphatic hydroxyl groups excluding tert-OH is 1. The first kappa shape index (κ1) is 39.2. The number of hydrogen-bond donors (Lipinski definition) is 6. The van der Waals surface area contributed by atoms with E-state index in [1.165, 1.54) is 0 Å². The van der Waals surface area contributed by atoms with E-state index in [1.54, 1.807) is 45.0 Å². The van der Waals surface area contributed by atoms with Gasteiger partial charge in [-0.1, -0.05) is 91.0 Å². The summed E-state index contributed by atoms with van der Waals surface area (Å²) in [6.07, 6.45) is -1.83. The number of benzene rings is 3. The first-order valence-corrected chi connectivity index (χ1v) is 16.7. The Bertz CT molecular complexity index is 1550. The summed E-state index contributed by atoms with van der Waals surface area (Å²) in [4.78, 5) is 64.4. The highest BCUT2D eigenvalue weighted by Crippen LogP contribution is 2.20. The normalized spacial score (nSPS) is 14.2. The molecule has 3 aromatic rings. The van der Waals surface area contributed by atoms with E-state index in [-0.39, 0.29) is 38.5 Å². The highest BCUT2D eigenvalue weighted by molar-refractivity contribution is 5.92. The van der Waals surface area contributed by atoms with Crippen molar-refractivity contribution in [1.82, 2.24) is 16.0 Å². The molecule has 0 aliphatic carbocycles. The minimum Gasteiger partial charge on any atom is -0.444 e. The number of carbonyl (C=O) groups excluding carboxylic acids is 5. The molecular formula is C38H49N5O7. The van der Waals surface area contributed by atoms with Crippen molar-refractivity contribution in [3.63, 3.8) is 0 Å². The zero-order valence-electron chi connectivity index (χ0n) is 28.8. The summed E-state index contributed by atoms with van der Waals surface area (Å²) >= 11 is 0. The molecule has 12 heteroatoms. The zero-order chi connectivity index (χ0) is 36.7. The van der Waals surface area contributed by atoms with Gasteiger partial charge in [0.15, 0.2) is 0 Å². The summed E-state index contributed by atoms with van der Waals surface area (Å²) in [5.74, 6) is -3.62. The maximum Gasteiger partial charge on any atom is 0.407 e. The third-order valence-electron chi connectivity index (χ3n) is 7.94. The van der Waals surface area contributed by atoms with Crippen LogP contribution in [0, 0.1) is 5.92 Å². The summed E-state index contributed by atoms with van der Waals surface area (Å²) in [6, 6.07) is 24.2. The van der Waals surface area contributed by atoms with Crippen LogP contribution in [0.15, 0.2) is 91.0 Å². The average molecular weight is 688 g/mol. The van der Waals surface area contributed by atoms with E-state index in [0.717, 1.165) is 16.7 Å². The van der Waals surface area contributed by atoms with Crippen LogP contribution in [0.1, 0.15) is 56.7 Å². The summed E-state index contributed by atoms with van der Waals surface area (Å²) < 4.78 is 5.46. The number of carbonyl (C=O) groups is 5. The zero-order valence-corrected chi connectivity index (χ0v) is 28.8. The number of hydrogen-bond acceptors (Lipinski definition) is 7. The molecule has 3 aromatic carbocycles. The molecule has 0 spiro atoms. The molecule has 3 rings (SSSR count). The van der Waals surface area contributed by atoms with Gasteiger partial charge in [-0.25, -0.2) is 4.79 Å². The first-order chi connectivity index (χ1) is 23.7. The van der Waals surface area contributed by atoms with Gasteiger partial charge in [0.25, 0.3) is 0 Å². The molecule has 0 saturated heterocycles. The Hall–Kier alpha value is -5.23. The number of primary amides is 2. The second-order valence-electron chi connectivity index (χ2n) is 13.4. The van der Waals surface area contributed by atoms with Gasteiger partial charge < -0.3 is 37.3 Å². The van der Waals surface area contributed by atoms with Gasteiger partial charge in [0.05, 0.1) is 12.1 Å². The molecule has 0 unspecified atom stereocenters. The van der Waals surface area contributed by atoms with Gasteiger partial charge in [-0.15, -0.1) is 0 Å². The predicted octanol–water partition coefficient (Wildman–Crippen LogP) is 2.70. The van der Waals surface area contributed by atoms with Crippen LogP contribution >= 0.6 is 0 Å². The highest BCUT2D eigenvalue weighted by atomic mass is 16.6. The lowest BCUT2D eigenvalue weighted by molar-refractivity contribution is -0.133. The Morgan fingerprint density at radius 3 is 1.64 bits per heavy atom. The molecule has 0 aromatic heterocycles. The fourth-order valence-corrected chi connectivity index (χ4v) is 5.44. The second kappa shape index (κ2) is 19.1. The molecule has 50 heavy (non-hydrogen) atoms. The van der Waals surface area contributed by atoms with Crippen LogP contribution in [0.25, 0.3) is 0 Å². The number of rotatable bonds is 18. The topological polar surface area (TPSA) is 203 Å². The van der Waals surface area contributed by atoms with Crippen molar-refractivity contribution in [1.29, 1.82) is 0 Å². The van der Waals surface area contributed by atoms with Crippen LogP contribution in [-0.2, 0) is 43.2 Å². The number of aliphatic hydroxyl groups is 1. The molecule has 268 valence electrons. The van der Waals surface area contributed by atoms with Crippen molar-refractivity contribution >= 4 is 29.7 Å². The van der Waals surface area contributed by atoms with E-state index in [0.29, 0.717) is 0 Å². The third kappa shape index (κ3) is 14.1. The number of nitrogens with one attached hydrogen (secondary N) is 3. The van der Waals surface area contributed by atoms with Gasteiger partial charge in [0, 0.05) is 18.8 Å². The van der Waals surface area contributed by atoms with Crippen LogP contribution in [0.3, 0.4) is 0 Å². The van der Waals surface area contributed by atoms with E-state index in [9.17, 15) is 29.1 Å². The van der Waals surface area contributed by atoms with Crippen molar-refractivity contribution in [2.24, 2.45) is 17.4 Å². The Balaban J connectivity index is 1.86. The molecule has 8 N–H and O–H groups in total. The van der Waals surface area contributed by atoms with Gasteiger partial charge >= 0.3 is 6.09 Å². The minimum absolute atomic E-state index is 0.101. The predicted molar refractivity (Wildman–Crippen MR) is 189 cm³/mol. The maximum atomic E-state index is 14.0. The van der Waals surface area contributed by atoms with Gasteiger partial charge in [0.1, 0.15) is 17.7 Å². The van der Waals surface area contributed by atoms with Gasteiger partial charge in [0.2, 0.25) is 23.6 Å². The lowest BCUT2D eigenvalue weighted by Crippen LogP contribution is -2.55. The van der Waals surface area contributed by atoms with Crippen LogP contribution in [0.2, 0.25) is 0 Å². The lowest BCUT2D eigenvalue weighted by atomic mass is 9.88. The molecule has 0 radical (unpaired) electrons. The smallest absolute Gasteiger partial charge is 0.407 e.